The molecule has 0 spiro atoms. The summed E-state index contributed by atoms with van der Waals surface area (Å²) in [6.45, 7) is 8.32. The van der Waals surface area contributed by atoms with E-state index in [9.17, 15) is 9.90 Å². The Morgan fingerprint density at radius 3 is 2.65 bits per heavy atom. The highest BCUT2D eigenvalue weighted by Gasteiger charge is 2.23. The van der Waals surface area contributed by atoms with Gasteiger partial charge in [-0.3, -0.25) is 0 Å². The molecule has 1 rings (SSSR count). The van der Waals surface area contributed by atoms with E-state index in [4.69, 9.17) is 10.5 Å². The minimum absolute atomic E-state index is 0.282. The topological polar surface area (TPSA) is 88.7 Å². The zero-order chi connectivity index (χ0) is 15.3. The number of carbonyl (C=O) groups is 1. The van der Waals surface area contributed by atoms with Crippen molar-refractivity contribution in [1.82, 2.24) is 4.98 Å². The zero-order valence-electron chi connectivity index (χ0n) is 12.5. The second kappa shape index (κ2) is 6.56. The molecule has 0 aliphatic rings. The number of aromatic nitrogens is 1. The molecule has 0 fully saturated rings. The number of nitrogen functional groups attached to an aromatic ring is 1. The molecule has 0 atom stereocenters. The average molecular weight is 281 g/mol. The fourth-order valence-corrected chi connectivity index (χ4v) is 1.89. The van der Waals surface area contributed by atoms with Crippen LogP contribution in [0.1, 0.15) is 38.1 Å². The summed E-state index contributed by atoms with van der Waals surface area (Å²) >= 11 is 0. The molecule has 1 aromatic rings. The Balaban J connectivity index is 3.17. The van der Waals surface area contributed by atoms with E-state index in [0.717, 1.165) is 0 Å². The lowest BCUT2D eigenvalue weighted by atomic mass is 10.1. The highest BCUT2D eigenvalue weighted by molar-refractivity contribution is 5.95. The summed E-state index contributed by atoms with van der Waals surface area (Å²) in [6.07, 6.45) is 1.49. The molecular formula is C14H23N3O3. The van der Waals surface area contributed by atoms with Gasteiger partial charge < -0.3 is 20.5 Å². The van der Waals surface area contributed by atoms with E-state index in [-0.39, 0.29) is 6.61 Å². The van der Waals surface area contributed by atoms with Crippen molar-refractivity contribution >= 4 is 17.5 Å². The van der Waals surface area contributed by atoms with Gasteiger partial charge in [0.2, 0.25) is 0 Å². The van der Waals surface area contributed by atoms with Crippen LogP contribution in [-0.2, 0) is 4.74 Å². The lowest BCUT2D eigenvalue weighted by Crippen LogP contribution is -2.39. The Morgan fingerprint density at radius 2 is 2.15 bits per heavy atom. The van der Waals surface area contributed by atoms with Crippen LogP contribution in [0.25, 0.3) is 0 Å². The molecule has 0 aromatic carbocycles. The number of nitrogens with two attached hydrogens (primary N) is 1. The molecule has 0 bridgehead atoms. The minimum atomic E-state index is -0.898. The van der Waals surface area contributed by atoms with Crippen molar-refractivity contribution in [3.8, 4) is 0 Å². The third kappa shape index (κ3) is 4.38. The maximum absolute atomic E-state index is 12.0. The summed E-state index contributed by atoms with van der Waals surface area (Å²) in [5.74, 6) is 0.0128. The van der Waals surface area contributed by atoms with Crippen LogP contribution in [0.5, 0.6) is 0 Å². The molecule has 1 aromatic heterocycles. The number of pyridine rings is 1. The van der Waals surface area contributed by atoms with Crippen molar-refractivity contribution in [2.24, 2.45) is 0 Å². The van der Waals surface area contributed by atoms with Gasteiger partial charge in [-0.15, -0.1) is 0 Å². The van der Waals surface area contributed by atoms with Gasteiger partial charge in [0, 0.05) is 13.1 Å². The number of likely N-dealkylation sites (N-methyl/N-ethyl adjacent to an activating group) is 1. The van der Waals surface area contributed by atoms with E-state index in [1.807, 2.05) is 11.8 Å². The molecule has 0 saturated carbocycles. The van der Waals surface area contributed by atoms with Crippen LogP contribution >= 0.6 is 0 Å². The predicted molar refractivity (Wildman–Crippen MR) is 78.8 cm³/mol. The molecule has 20 heavy (non-hydrogen) atoms. The van der Waals surface area contributed by atoms with E-state index >= 15 is 0 Å². The van der Waals surface area contributed by atoms with E-state index in [2.05, 4.69) is 4.98 Å². The summed E-state index contributed by atoms with van der Waals surface area (Å²) < 4.78 is 5.02. The molecule has 0 aliphatic heterocycles. The fraction of sp³-hybridized carbons (Fsp3) is 0.571. The van der Waals surface area contributed by atoms with Crippen molar-refractivity contribution in [2.75, 3.05) is 30.3 Å². The maximum Gasteiger partial charge on any atom is 0.341 e. The molecule has 6 nitrogen and oxygen atoms in total. The quantitative estimate of drug-likeness (QED) is 0.767. The van der Waals surface area contributed by atoms with Crippen LogP contribution in [0, 0.1) is 0 Å². The summed E-state index contributed by atoms with van der Waals surface area (Å²) in [5.41, 5.74) is 5.51. The van der Waals surface area contributed by atoms with Gasteiger partial charge in [0.05, 0.1) is 24.1 Å². The summed E-state index contributed by atoms with van der Waals surface area (Å²) in [5, 5.41) is 9.96. The van der Waals surface area contributed by atoms with Crippen molar-refractivity contribution < 1.29 is 14.6 Å². The molecule has 0 aliphatic carbocycles. The summed E-state index contributed by atoms with van der Waals surface area (Å²) in [4.78, 5) is 18.0. The van der Waals surface area contributed by atoms with Crippen molar-refractivity contribution in [3.63, 3.8) is 0 Å². The van der Waals surface area contributed by atoms with Crippen LogP contribution in [0.3, 0.4) is 0 Å². The molecular weight excluding hydrogens is 258 g/mol. The van der Waals surface area contributed by atoms with Crippen molar-refractivity contribution in [3.05, 3.63) is 17.8 Å². The number of esters is 1. The number of ether oxygens (including phenoxy) is 1. The average Bonchev–Trinajstić information content (AvgIpc) is 2.35. The molecule has 112 valence electrons. The number of nitrogens with zero attached hydrogens (tertiary/aromatic N) is 2. The number of carbonyl (C=O) groups excluding carboxylic acids is 1. The van der Waals surface area contributed by atoms with Gasteiger partial charge in [-0.2, -0.15) is 0 Å². The molecule has 3 N–H and O–H groups in total. The highest BCUT2D eigenvalue weighted by atomic mass is 16.5. The van der Waals surface area contributed by atoms with E-state index < -0.39 is 11.6 Å². The van der Waals surface area contributed by atoms with Crippen LogP contribution in [-0.4, -0.2) is 41.4 Å². The van der Waals surface area contributed by atoms with Gasteiger partial charge in [-0.1, -0.05) is 0 Å². The van der Waals surface area contributed by atoms with Crippen LogP contribution < -0.4 is 10.6 Å². The molecule has 0 saturated heterocycles. The van der Waals surface area contributed by atoms with Gasteiger partial charge in [0.1, 0.15) is 11.4 Å². The van der Waals surface area contributed by atoms with Gasteiger partial charge in [0.15, 0.2) is 0 Å². The monoisotopic (exact) mass is 281 g/mol. The first kappa shape index (κ1) is 16.2. The number of hydrogen-bond donors (Lipinski definition) is 2. The van der Waals surface area contributed by atoms with Crippen LogP contribution in [0.4, 0.5) is 11.5 Å². The molecule has 1 heterocycles. The van der Waals surface area contributed by atoms with Crippen molar-refractivity contribution in [2.45, 2.75) is 33.3 Å². The zero-order valence-corrected chi connectivity index (χ0v) is 12.5. The molecule has 6 heteroatoms. The van der Waals surface area contributed by atoms with Gasteiger partial charge >= 0.3 is 5.97 Å². The Labute approximate surface area is 119 Å². The Bertz CT molecular complexity index is 469. The lowest BCUT2D eigenvalue weighted by molar-refractivity contribution is 0.0525. The highest BCUT2D eigenvalue weighted by Crippen LogP contribution is 2.22. The maximum atomic E-state index is 12.0. The van der Waals surface area contributed by atoms with Crippen LogP contribution in [0.15, 0.2) is 12.3 Å². The summed E-state index contributed by atoms with van der Waals surface area (Å²) in [7, 11) is 0. The van der Waals surface area contributed by atoms with Crippen molar-refractivity contribution in [1.29, 1.82) is 0 Å². The first-order chi connectivity index (χ1) is 9.28. The Kier molecular flexibility index (Phi) is 5.33. The standard InChI is InChI=1S/C14H23N3O3/c1-5-17(9-14(3,4)19)12-11(13(18)20-6-2)7-10(15)8-16-12/h7-8,19H,5-6,9,15H2,1-4H3. The number of anilines is 2. The number of hydrogen-bond acceptors (Lipinski definition) is 6. The Morgan fingerprint density at radius 1 is 1.50 bits per heavy atom. The lowest BCUT2D eigenvalue weighted by Gasteiger charge is -2.30. The minimum Gasteiger partial charge on any atom is -0.462 e. The fourth-order valence-electron chi connectivity index (χ4n) is 1.89. The Hall–Kier alpha value is -1.82. The summed E-state index contributed by atoms with van der Waals surface area (Å²) in [6, 6.07) is 1.55. The second-order valence-electron chi connectivity index (χ2n) is 5.19. The van der Waals surface area contributed by atoms with E-state index in [1.54, 1.807) is 26.8 Å². The second-order valence-corrected chi connectivity index (χ2v) is 5.19. The third-order valence-electron chi connectivity index (χ3n) is 2.64. The first-order valence-electron chi connectivity index (χ1n) is 6.68. The third-order valence-corrected chi connectivity index (χ3v) is 2.64. The van der Waals surface area contributed by atoms with Crippen LogP contribution in [0.2, 0.25) is 0 Å². The van der Waals surface area contributed by atoms with Gasteiger partial charge in [-0.05, 0) is 33.8 Å². The first-order valence-corrected chi connectivity index (χ1v) is 6.68. The SMILES string of the molecule is CCOC(=O)c1cc(N)cnc1N(CC)CC(C)(C)O. The van der Waals surface area contributed by atoms with E-state index in [0.29, 0.717) is 30.2 Å². The van der Waals surface area contributed by atoms with E-state index in [1.165, 1.54) is 6.20 Å². The molecule has 0 radical (unpaired) electrons. The van der Waals surface area contributed by atoms with Gasteiger partial charge in [0.25, 0.3) is 0 Å². The van der Waals surface area contributed by atoms with Gasteiger partial charge in [-0.25, -0.2) is 9.78 Å². The smallest absolute Gasteiger partial charge is 0.341 e. The molecule has 0 amide bonds. The number of rotatable bonds is 6. The largest absolute Gasteiger partial charge is 0.462 e. The number of aliphatic hydroxyl groups is 1. The molecule has 0 unspecified atom stereocenters. The predicted octanol–water partition coefficient (Wildman–Crippen LogP) is 1.44. The normalized spacial score (nSPS) is 11.2.